The van der Waals surface area contributed by atoms with Gasteiger partial charge in [0, 0.05) is 0 Å². The van der Waals surface area contributed by atoms with Crippen molar-refractivity contribution in [3.05, 3.63) is 0 Å². The third-order valence-corrected chi connectivity index (χ3v) is 0. The first-order valence-corrected chi connectivity index (χ1v) is 0. The van der Waals surface area contributed by atoms with Crippen LogP contribution < -0.4 is 37.7 Å². The van der Waals surface area contributed by atoms with Crippen LogP contribution in [-0.2, 0) is 0 Å². The van der Waals surface area contributed by atoms with Crippen LogP contribution in [-0.4, -0.2) is 22.8 Å². The topological polar surface area (TPSA) is 31.5 Å². The maximum atomic E-state index is 0. The van der Waals surface area contributed by atoms with Gasteiger partial charge in [0.1, 0.15) is 0 Å². The van der Waals surface area contributed by atoms with Gasteiger partial charge in [-0.3, -0.25) is 0 Å². The van der Waals surface area contributed by atoms with Gasteiger partial charge in [0.05, 0.1) is 0 Å². The average Bonchev–Trinajstić information content (AvgIpc) is 0. The summed E-state index contributed by atoms with van der Waals surface area (Å²) >= 11 is 0. The van der Waals surface area contributed by atoms with Crippen LogP contribution in [0.15, 0.2) is 0 Å². The molecular weight excluding hydrogens is 56.9 g/mol. The molecule has 4 heavy (non-hydrogen) atoms. The Bertz CT molecular complexity index is 11.5. The maximum absolute atomic E-state index is 0. The third-order valence-electron chi connectivity index (χ3n) is 0. The monoisotopic (exact) mass is 64.1 g/mol. The van der Waals surface area contributed by atoms with Crippen molar-refractivity contribution in [2.24, 2.45) is 0 Å². The molecule has 0 aliphatic carbocycles. The Labute approximate surface area is 63.3 Å². The fourth-order valence-electron chi connectivity index (χ4n) is 0. The molecule has 0 spiro atoms. The van der Waals surface area contributed by atoms with Gasteiger partial charge in [-0.15, -0.1) is 0 Å². The van der Waals surface area contributed by atoms with Crippen LogP contribution in [0, 0.1) is 0 Å². The van der Waals surface area contributed by atoms with Gasteiger partial charge in [-0.1, -0.05) is 0 Å². The van der Waals surface area contributed by atoms with E-state index in [4.69, 9.17) is 0 Å². The normalized spacial score (nSPS) is 0. The molecule has 0 atom stereocenters. The van der Waals surface area contributed by atoms with E-state index in [2.05, 4.69) is 0 Å². The fraction of sp³-hybridized carbons (Fsp3) is 0. The quantitative estimate of drug-likeness (QED) is 0.250. The number of rotatable bonds is 0. The molecule has 0 amide bonds. The molecule has 0 saturated carbocycles. The van der Waals surface area contributed by atoms with Crippen molar-refractivity contribution >= 4 is 17.4 Å². The van der Waals surface area contributed by atoms with Crippen molar-refractivity contribution in [3.63, 3.8) is 0 Å². The molecule has 0 rings (SSSR count). The third kappa shape index (κ3) is 9.35. The van der Waals surface area contributed by atoms with Crippen LogP contribution in [0.3, 0.4) is 0 Å². The molecule has 0 heterocycles. The van der Waals surface area contributed by atoms with Crippen LogP contribution in [0.25, 0.3) is 0 Å². The van der Waals surface area contributed by atoms with Gasteiger partial charge in [0.2, 0.25) is 0 Å². The van der Waals surface area contributed by atoms with Crippen molar-refractivity contribution < 1.29 is 46.1 Å². The second-order valence-electron chi connectivity index (χ2n) is 0. The predicted molar refractivity (Wildman–Crippen MR) is 15.8 cm³/mol. The summed E-state index contributed by atoms with van der Waals surface area (Å²) in [5.74, 6) is 0. The first-order chi connectivity index (χ1) is 0. The van der Waals surface area contributed by atoms with Crippen LogP contribution >= 0.6 is 0 Å². The van der Waals surface area contributed by atoms with E-state index < -0.39 is 0 Å². The number of hydrogen-bond donors (Lipinski definition) is 0. The zero-order valence-electron chi connectivity index (χ0n) is 4.50. The van der Waals surface area contributed by atoms with E-state index >= 15 is 0 Å². The molecule has 0 aliphatic rings. The van der Waals surface area contributed by atoms with E-state index in [1.54, 1.807) is 0 Å². The van der Waals surface area contributed by atoms with Crippen molar-refractivity contribution in [1.29, 1.82) is 0 Å². The second-order valence-corrected chi connectivity index (χ2v) is 0. The average molecular weight is 63.9 g/mol. The van der Waals surface area contributed by atoms with E-state index in [1.165, 1.54) is 0 Å². The molecule has 0 bridgehead atoms. The first-order valence-electron chi connectivity index (χ1n) is 0. The molecule has 0 unspecified atom stereocenters. The summed E-state index contributed by atoms with van der Waals surface area (Å²) in [6.45, 7) is 0. The molecule has 0 aromatic heterocycles. The molecule has 0 fully saturated rings. The van der Waals surface area contributed by atoms with Crippen molar-refractivity contribution in [2.45, 2.75) is 0 Å². The summed E-state index contributed by atoms with van der Waals surface area (Å²) in [4.78, 5) is 0. The molecule has 0 radical (unpaired) electrons. The number of hydrogen-bond acceptors (Lipinski definition) is 0. The maximum Gasteiger partial charge on any atom is 1.00 e. The van der Waals surface area contributed by atoms with E-state index in [0.29, 0.717) is 0 Å². The first kappa shape index (κ1) is 43.9. The van der Waals surface area contributed by atoms with Gasteiger partial charge in [0.25, 0.3) is 0 Å². The van der Waals surface area contributed by atoms with Crippen molar-refractivity contribution in [2.75, 3.05) is 0 Å². The Morgan fingerprint density at radius 3 is 1.00 bits per heavy atom. The molecule has 1 nitrogen and oxygen atoms in total. The Balaban J connectivity index is 0. The Hall–Kier alpha value is 1.69. The molecule has 18 valence electrons. The molecule has 0 aromatic rings. The summed E-state index contributed by atoms with van der Waals surface area (Å²) in [5.41, 5.74) is 0. The van der Waals surface area contributed by atoms with Crippen LogP contribution in [0.1, 0.15) is 2.85 Å². The molecule has 0 aliphatic heterocycles. The Morgan fingerprint density at radius 2 is 1.00 bits per heavy atom. The van der Waals surface area contributed by atoms with E-state index in [1.807, 2.05) is 0 Å². The van der Waals surface area contributed by atoms with Gasteiger partial charge in [0.15, 0.2) is 17.4 Å². The Kier molecular flexibility index (Phi) is 246. The van der Waals surface area contributed by atoms with E-state index in [9.17, 15) is 0 Å². The smallest absolute Gasteiger partial charge is 1.00 e. The molecule has 0 aromatic carbocycles. The molecular formula is H7AlLi2O. The van der Waals surface area contributed by atoms with Gasteiger partial charge >= 0.3 is 37.7 Å². The van der Waals surface area contributed by atoms with Crippen molar-refractivity contribution in [3.8, 4) is 0 Å². The molecule has 0 saturated heterocycles. The Morgan fingerprint density at radius 1 is 1.00 bits per heavy atom. The summed E-state index contributed by atoms with van der Waals surface area (Å²) in [6.07, 6.45) is 0. The molecule has 4 heteroatoms. The molecule has 2 N–H and O–H groups in total. The zero-order valence-corrected chi connectivity index (χ0v) is 2.50. The van der Waals surface area contributed by atoms with Gasteiger partial charge in [-0.25, -0.2) is 0 Å². The largest absolute Gasteiger partial charge is 1.00 e. The minimum Gasteiger partial charge on any atom is -1.00 e. The summed E-state index contributed by atoms with van der Waals surface area (Å²) in [5, 5.41) is 0. The summed E-state index contributed by atoms with van der Waals surface area (Å²) in [6, 6.07) is 0. The van der Waals surface area contributed by atoms with Gasteiger partial charge in [-0.2, -0.15) is 0 Å². The van der Waals surface area contributed by atoms with Gasteiger partial charge in [-0.05, 0) is 0 Å². The summed E-state index contributed by atoms with van der Waals surface area (Å²) in [7, 11) is 0. The second kappa shape index (κ2) is 22.4. The standard InChI is InChI=1S/Al.2Li.H2O.5H/h;;;1H2;;;;;/q;2*+1;;;;;2*-1. The van der Waals surface area contributed by atoms with Crippen LogP contribution in [0.2, 0.25) is 0 Å². The van der Waals surface area contributed by atoms with E-state index in [0.717, 1.165) is 0 Å². The van der Waals surface area contributed by atoms with E-state index in [-0.39, 0.29) is 63.4 Å². The van der Waals surface area contributed by atoms with Crippen LogP contribution in [0.4, 0.5) is 0 Å². The van der Waals surface area contributed by atoms with Crippen LogP contribution in [0.5, 0.6) is 0 Å². The minimum atomic E-state index is 0. The van der Waals surface area contributed by atoms with Crippen molar-refractivity contribution in [1.82, 2.24) is 0 Å². The summed E-state index contributed by atoms with van der Waals surface area (Å²) < 4.78 is 0. The zero-order chi connectivity index (χ0) is 0. The van der Waals surface area contributed by atoms with Gasteiger partial charge < -0.3 is 8.33 Å². The SMILES string of the molecule is O.[AlH3].[H-].[H-].[Li+].[Li+]. The predicted octanol–water partition coefficient (Wildman–Crippen LogP) is -7.78. The minimum absolute atomic E-state index is 0. The fourth-order valence-corrected chi connectivity index (χ4v) is 0.